The van der Waals surface area contributed by atoms with E-state index < -0.39 is 0 Å². The van der Waals surface area contributed by atoms with E-state index in [4.69, 9.17) is 0 Å². The first-order valence-corrected chi connectivity index (χ1v) is 7.76. The van der Waals surface area contributed by atoms with Gasteiger partial charge in [0.1, 0.15) is 0 Å². The lowest BCUT2D eigenvalue weighted by Crippen LogP contribution is -2.33. The molecule has 0 saturated carbocycles. The Labute approximate surface area is 124 Å². The van der Waals surface area contributed by atoms with Crippen LogP contribution in [0, 0.1) is 11.8 Å². The van der Waals surface area contributed by atoms with E-state index in [1.165, 1.54) is 10.8 Å². The Morgan fingerprint density at radius 3 is 2.57 bits per heavy atom. The highest BCUT2D eigenvalue weighted by Gasteiger charge is 2.37. The van der Waals surface area contributed by atoms with Crippen LogP contribution in [0.1, 0.15) is 5.56 Å². The predicted octanol–water partition coefficient (Wildman–Crippen LogP) is 2.06. The molecule has 3 heteroatoms. The molecular formula is C18H20N2O. The van der Waals surface area contributed by atoms with Gasteiger partial charge >= 0.3 is 0 Å². The van der Waals surface area contributed by atoms with E-state index in [0.717, 1.165) is 31.7 Å². The number of nitrogens with one attached hydrogen (secondary N) is 1. The largest absolute Gasteiger partial charge is 0.342 e. The molecule has 2 fully saturated rings. The minimum atomic E-state index is 0.278. The molecule has 0 spiro atoms. The molecule has 2 heterocycles. The van der Waals surface area contributed by atoms with Gasteiger partial charge in [0.05, 0.1) is 6.42 Å². The second kappa shape index (κ2) is 5.15. The molecule has 2 aromatic rings. The maximum absolute atomic E-state index is 12.6. The van der Waals surface area contributed by atoms with Crippen molar-refractivity contribution < 1.29 is 4.79 Å². The standard InChI is InChI=1S/C18H20N2O/c21-18(20-11-15-9-19-10-16(15)12-20)8-14-6-3-5-13-4-1-2-7-17(13)14/h1-7,15-16,19H,8-12H2. The molecule has 1 N–H and O–H groups in total. The molecule has 0 radical (unpaired) electrons. The Morgan fingerprint density at radius 1 is 1.05 bits per heavy atom. The number of likely N-dealkylation sites (tertiary alicyclic amines) is 1. The van der Waals surface area contributed by atoms with Crippen LogP contribution < -0.4 is 5.32 Å². The summed E-state index contributed by atoms with van der Waals surface area (Å²) < 4.78 is 0. The molecule has 2 saturated heterocycles. The Balaban J connectivity index is 1.54. The minimum absolute atomic E-state index is 0.278. The second-order valence-corrected chi connectivity index (χ2v) is 6.29. The van der Waals surface area contributed by atoms with Crippen LogP contribution in [0.25, 0.3) is 10.8 Å². The summed E-state index contributed by atoms with van der Waals surface area (Å²) in [5.74, 6) is 1.61. The van der Waals surface area contributed by atoms with Crippen molar-refractivity contribution in [1.29, 1.82) is 0 Å². The third-order valence-corrected chi connectivity index (χ3v) is 4.96. The summed E-state index contributed by atoms with van der Waals surface area (Å²) in [6.07, 6.45) is 0.522. The van der Waals surface area contributed by atoms with Crippen LogP contribution in [0.5, 0.6) is 0 Å². The number of rotatable bonds is 2. The van der Waals surface area contributed by atoms with Crippen molar-refractivity contribution in [3.8, 4) is 0 Å². The van der Waals surface area contributed by atoms with E-state index in [0.29, 0.717) is 18.3 Å². The summed E-state index contributed by atoms with van der Waals surface area (Å²) >= 11 is 0. The van der Waals surface area contributed by atoms with Crippen LogP contribution in [-0.4, -0.2) is 37.0 Å². The molecule has 3 nitrogen and oxygen atoms in total. The second-order valence-electron chi connectivity index (χ2n) is 6.29. The highest BCUT2D eigenvalue weighted by Crippen LogP contribution is 2.27. The van der Waals surface area contributed by atoms with Gasteiger partial charge in [0.2, 0.25) is 5.91 Å². The molecular weight excluding hydrogens is 260 g/mol. The number of hydrogen-bond acceptors (Lipinski definition) is 2. The number of hydrogen-bond donors (Lipinski definition) is 1. The number of fused-ring (bicyclic) bond motifs is 2. The molecule has 1 amide bonds. The lowest BCUT2D eigenvalue weighted by Gasteiger charge is -2.18. The molecule has 2 atom stereocenters. The molecule has 108 valence electrons. The van der Waals surface area contributed by atoms with E-state index in [2.05, 4.69) is 34.5 Å². The summed E-state index contributed by atoms with van der Waals surface area (Å²) in [6, 6.07) is 14.5. The van der Waals surface area contributed by atoms with Gasteiger partial charge in [-0.05, 0) is 28.2 Å². The number of amides is 1. The molecule has 2 unspecified atom stereocenters. The topological polar surface area (TPSA) is 32.3 Å². The van der Waals surface area contributed by atoms with Gasteiger partial charge in [-0.15, -0.1) is 0 Å². The molecule has 2 aliphatic heterocycles. The van der Waals surface area contributed by atoms with E-state index in [1.54, 1.807) is 0 Å². The van der Waals surface area contributed by atoms with E-state index in [-0.39, 0.29) is 5.91 Å². The number of carbonyl (C=O) groups is 1. The third kappa shape index (κ3) is 2.32. The van der Waals surface area contributed by atoms with Crippen molar-refractivity contribution >= 4 is 16.7 Å². The summed E-state index contributed by atoms with van der Waals surface area (Å²) in [5, 5.41) is 5.84. The smallest absolute Gasteiger partial charge is 0.227 e. The molecule has 21 heavy (non-hydrogen) atoms. The normalized spacial score (nSPS) is 24.5. The quantitative estimate of drug-likeness (QED) is 0.913. The molecule has 0 aliphatic carbocycles. The fourth-order valence-corrected chi connectivity index (χ4v) is 3.78. The highest BCUT2D eigenvalue weighted by molar-refractivity contribution is 5.90. The van der Waals surface area contributed by atoms with Crippen LogP contribution in [0.2, 0.25) is 0 Å². The molecule has 2 aliphatic rings. The van der Waals surface area contributed by atoms with E-state index in [1.807, 2.05) is 18.2 Å². The van der Waals surface area contributed by atoms with Crippen molar-refractivity contribution in [2.45, 2.75) is 6.42 Å². The highest BCUT2D eigenvalue weighted by atomic mass is 16.2. The van der Waals surface area contributed by atoms with Crippen LogP contribution in [0.4, 0.5) is 0 Å². The first-order chi connectivity index (χ1) is 10.3. The van der Waals surface area contributed by atoms with Gasteiger partial charge in [-0.2, -0.15) is 0 Å². The summed E-state index contributed by atoms with van der Waals surface area (Å²) in [5.41, 5.74) is 1.15. The van der Waals surface area contributed by atoms with E-state index in [9.17, 15) is 4.79 Å². The number of nitrogens with zero attached hydrogens (tertiary/aromatic N) is 1. The molecule has 0 bridgehead atoms. The van der Waals surface area contributed by atoms with Crippen molar-refractivity contribution in [3.63, 3.8) is 0 Å². The number of carbonyl (C=O) groups excluding carboxylic acids is 1. The zero-order valence-electron chi connectivity index (χ0n) is 12.1. The van der Waals surface area contributed by atoms with Crippen LogP contribution in [-0.2, 0) is 11.2 Å². The summed E-state index contributed by atoms with van der Waals surface area (Å²) in [6.45, 7) is 4.01. The van der Waals surface area contributed by atoms with Gasteiger partial charge in [-0.25, -0.2) is 0 Å². The molecule has 4 rings (SSSR count). The van der Waals surface area contributed by atoms with Gasteiger partial charge in [-0.1, -0.05) is 42.5 Å². The monoisotopic (exact) mass is 280 g/mol. The first kappa shape index (κ1) is 12.8. The average molecular weight is 280 g/mol. The van der Waals surface area contributed by atoms with Crippen molar-refractivity contribution in [2.24, 2.45) is 11.8 Å². The third-order valence-electron chi connectivity index (χ3n) is 4.96. The first-order valence-electron chi connectivity index (χ1n) is 7.76. The van der Waals surface area contributed by atoms with Gasteiger partial charge in [-0.3, -0.25) is 4.79 Å². The Hall–Kier alpha value is -1.87. The fourth-order valence-electron chi connectivity index (χ4n) is 3.78. The maximum Gasteiger partial charge on any atom is 0.227 e. The lowest BCUT2D eigenvalue weighted by atomic mass is 10.0. The van der Waals surface area contributed by atoms with Gasteiger partial charge in [0, 0.05) is 26.2 Å². The molecule has 0 aromatic heterocycles. The summed E-state index contributed by atoms with van der Waals surface area (Å²) in [7, 11) is 0. The van der Waals surface area contributed by atoms with Crippen LogP contribution in [0.15, 0.2) is 42.5 Å². The SMILES string of the molecule is O=C(Cc1cccc2ccccc12)N1CC2CNCC2C1. The lowest BCUT2D eigenvalue weighted by molar-refractivity contribution is -0.129. The molecule has 2 aromatic carbocycles. The van der Waals surface area contributed by atoms with Crippen LogP contribution in [0.3, 0.4) is 0 Å². The maximum atomic E-state index is 12.6. The van der Waals surface area contributed by atoms with Gasteiger partial charge in [0.25, 0.3) is 0 Å². The Bertz CT molecular complexity index is 664. The minimum Gasteiger partial charge on any atom is -0.342 e. The van der Waals surface area contributed by atoms with Gasteiger partial charge < -0.3 is 10.2 Å². The van der Waals surface area contributed by atoms with Crippen molar-refractivity contribution in [3.05, 3.63) is 48.0 Å². The van der Waals surface area contributed by atoms with Gasteiger partial charge in [0.15, 0.2) is 0 Å². The zero-order chi connectivity index (χ0) is 14.2. The van der Waals surface area contributed by atoms with Crippen molar-refractivity contribution in [2.75, 3.05) is 26.2 Å². The average Bonchev–Trinajstić information content (AvgIpc) is 3.09. The van der Waals surface area contributed by atoms with Crippen molar-refractivity contribution in [1.82, 2.24) is 10.2 Å². The summed E-state index contributed by atoms with van der Waals surface area (Å²) in [4.78, 5) is 14.7. The number of benzene rings is 2. The zero-order valence-corrected chi connectivity index (χ0v) is 12.1. The van der Waals surface area contributed by atoms with Crippen LogP contribution >= 0.6 is 0 Å². The predicted molar refractivity (Wildman–Crippen MR) is 84.1 cm³/mol. The Morgan fingerprint density at radius 2 is 1.76 bits per heavy atom. The van der Waals surface area contributed by atoms with E-state index >= 15 is 0 Å². The fraction of sp³-hybridized carbons (Fsp3) is 0.389. The Kier molecular flexibility index (Phi) is 3.15.